The van der Waals surface area contributed by atoms with Crippen molar-refractivity contribution >= 4 is 51.1 Å². The van der Waals surface area contributed by atoms with Crippen LogP contribution in [0.5, 0.6) is 0 Å². The SMILES string of the molecule is C.C.CON(C(=O)C1CCN(C(=O)OC(C)(C)C)C1)c1ccc2c(c1)c(-c1ccncc1)nn2C(c1ccccc1)(c1ccccc1)c1ccccc1.CON(C(=O)C1CCNC1)c1ccc2[nH]nc(-c3ccncc3)c2c1. The molecule has 2 N–H and O–H groups in total. The smallest absolute Gasteiger partial charge is 0.410 e. The molecule has 0 aliphatic carbocycles. The molecule has 16 nitrogen and oxygen atoms in total. The quantitative estimate of drug-likeness (QED) is 0.0881. The molecule has 2 atom stereocenters. The fourth-order valence-corrected chi connectivity index (χ4v) is 10.3. The summed E-state index contributed by atoms with van der Waals surface area (Å²) in [5.41, 5.74) is 8.08. The Balaban J connectivity index is 0.000000249. The molecule has 3 amide bonds. The topological polar surface area (TPSA) is 173 Å². The van der Waals surface area contributed by atoms with E-state index in [0.717, 1.165) is 74.0 Å². The van der Waals surface area contributed by atoms with Crippen molar-refractivity contribution in [2.75, 3.05) is 50.5 Å². The predicted molar refractivity (Wildman–Crippen MR) is 306 cm³/mol. The number of hydroxylamine groups is 2. The van der Waals surface area contributed by atoms with Crippen LogP contribution in [0.3, 0.4) is 0 Å². The molecule has 9 aromatic rings. The highest BCUT2D eigenvalue weighted by Crippen LogP contribution is 2.45. The molecule has 4 aromatic heterocycles. The summed E-state index contributed by atoms with van der Waals surface area (Å²) >= 11 is 0. The number of carbonyl (C=O) groups excluding carboxylic acids is 3. The molecule has 2 saturated heterocycles. The lowest BCUT2D eigenvalue weighted by atomic mass is 9.77. The molecule has 5 aromatic carbocycles. The third-order valence-electron chi connectivity index (χ3n) is 13.8. The molecule has 2 fully saturated rings. The lowest BCUT2D eigenvalue weighted by Crippen LogP contribution is -2.39. The minimum absolute atomic E-state index is 0. The van der Waals surface area contributed by atoms with Crippen LogP contribution in [0.25, 0.3) is 44.3 Å². The number of ether oxygens (including phenoxy) is 1. The molecule has 402 valence electrons. The van der Waals surface area contributed by atoms with Gasteiger partial charge in [-0.05, 0) is 118 Å². The first-order valence-corrected chi connectivity index (χ1v) is 25.4. The number of carbonyl (C=O) groups is 3. The van der Waals surface area contributed by atoms with Gasteiger partial charge in [0, 0.05) is 66.3 Å². The van der Waals surface area contributed by atoms with Gasteiger partial charge in [-0.1, -0.05) is 106 Å². The number of anilines is 2. The van der Waals surface area contributed by atoms with E-state index in [1.807, 2.05) is 99.6 Å². The van der Waals surface area contributed by atoms with Crippen LogP contribution in [0.4, 0.5) is 16.2 Å². The van der Waals surface area contributed by atoms with E-state index in [0.29, 0.717) is 30.9 Å². The molecule has 11 rings (SSSR count). The number of likely N-dealkylation sites (tertiary alicyclic amines) is 1. The van der Waals surface area contributed by atoms with Gasteiger partial charge in [-0.3, -0.25) is 34.3 Å². The van der Waals surface area contributed by atoms with Crippen LogP contribution >= 0.6 is 0 Å². The van der Waals surface area contributed by atoms with Gasteiger partial charge in [0.2, 0.25) is 0 Å². The maximum absolute atomic E-state index is 14.0. The maximum atomic E-state index is 14.0. The fourth-order valence-electron chi connectivity index (χ4n) is 10.3. The first kappa shape index (κ1) is 55.7. The monoisotopic (exact) mass is 1050 g/mol. The normalized spacial score (nSPS) is 15.2. The van der Waals surface area contributed by atoms with Crippen molar-refractivity contribution in [1.82, 2.24) is 40.2 Å². The number of fused-ring (bicyclic) bond motifs is 2. The van der Waals surface area contributed by atoms with Gasteiger partial charge >= 0.3 is 6.09 Å². The molecule has 0 saturated carbocycles. The largest absolute Gasteiger partial charge is 0.444 e. The van der Waals surface area contributed by atoms with Crippen LogP contribution in [0.2, 0.25) is 0 Å². The van der Waals surface area contributed by atoms with Crippen LogP contribution in [0, 0.1) is 11.8 Å². The summed E-state index contributed by atoms with van der Waals surface area (Å²) < 4.78 is 7.67. The Morgan fingerprint density at radius 2 is 1.13 bits per heavy atom. The lowest BCUT2D eigenvalue weighted by molar-refractivity contribution is -0.129. The fraction of sp³-hybridized carbons (Fsp3) is 0.274. The number of nitrogens with one attached hydrogen (secondary N) is 2. The third-order valence-corrected chi connectivity index (χ3v) is 13.8. The summed E-state index contributed by atoms with van der Waals surface area (Å²) in [6.07, 6.45) is 7.89. The number of pyridine rings is 2. The van der Waals surface area contributed by atoms with Crippen molar-refractivity contribution in [2.24, 2.45) is 11.8 Å². The number of hydrogen-bond donors (Lipinski definition) is 2. The van der Waals surface area contributed by atoms with E-state index in [1.165, 1.54) is 24.3 Å². The molecule has 0 bridgehead atoms. The number of nitrogens with zero attached hydrogens (tertiary/aromatic N) is 8. The zero-order valence-corrected chi connectivity index (χ0v) is 43.2. The van der Waals surface area contributed by atoms with E-state index >= 15 is 0 Å². The van der Waals surface area contributed by atoms with Crippen LogP contribution in [0.1, 0.15) is 65.2 Å². The highest BCUT2D eigenvalue weighted by Gasteiger charge is 2.42. The van der Waals surface area contributed by atoms with E-state index in [4.69, 9.17) is 19.5 Å². The van der Waals surface area contributed by atoms with Gasteiger partial charge in [0.15, 0.2) is 0 Å². The Morgan fingerprint density at radius 1 is 0.615 bits per heavy atom. The van der Waals surface area contributed by atoms with Crippen molar-refractivity contribution in [3.8, 4) is 22.5 Å². The Hall–Kier alpha value is -8.57. The van der Waals surface area contributed by atoms with Crippen LogP contribution < -0.4 is 15.4 Å². The second-order valence-corrected chi connectivity index (χ2v) is 19.8. The number of rotatable bonds is 12. The molecule has 0 spiro atoms. The summed E-state index contributed by atoms with van der Waals surface area (Å²) in [5, 5.41) is 20.6. The molecule has 6 heterocycles. The second-order valence-electron chi connectivity index (χ2n) is 19.8. The highest BCUT2D eigenvalue weighted by atomic mass is 16.7. The summed E-state index contributed by atoms with van der Waals surface area (Å²) in [5.74, 6) is -0.758. The van der Waals surface area contributed by atoms with E-state index < -0.39 is 23.2 Å². The van der Waals surface area contributed by atoms with Gasteiger partial charge in [-0.2, -0.15) is 20.3 Å². The van der Waals surface area contributed by atoms with E-state index in [-0.39, 0.29) is 39.1 Å². The average molecular weight is 1050 g/mol. The van der Waals surface area contributed by atoms with Crippen molar-refractivity contribution in [2.45, 2.75) is 59.6 Å². The van der Waals surface area contributed by atoms with Gasteiger partial charge in [-0.25, -0.2) is 9.48 Å². The lowest BCUT2D eigenvalue weighted by Gasteiger charge is -2.37. The number of H-pyrrole nitrogens is 1. The Labute approximate surface area is 455 Å². The van der Waals surface area contributed by atoms with Crippen molar-refractivity contribution < 1.29 is 28.8 Å². The molecule has 0 radical (unpaired) electrons. The molecular weight excluding hydrogens is 981 g/mol. The van der Waals surface area contributed by atoms with Crippen LogP contribution in [-0.4, -0.2) is 98.8 Å². The first-order chi connectivity index (χ1) is 37.0. The Bertz CT molecular complexity index is 3340. The maximum Gasteiger partial charge on any atom is 0.410 e. The van der Waals surface area contributed by atoms with Gasteiger partial charge in [-0.15, -0.1) is 0 Å². The number of hydrogen-bond acceptors (Lipinski definition) is 11. The van der Waals surface area contributed by atoms with Crippen molar-refractivity contribution in [1.29, 1.82) is 0 Å². The Morgan fingerprint density at radius 3 is 1.64 bits per heavy atom. The number of amides is 3. The van der Waals surface area contributed by atoms with Gasteiger partial charge < -0.3 is 15.0 Å². The standard InChI is InChI=1S/C42H41N5O4.C18H19N5O2.2CH4/c1-41(2,3)51-40(49)45-27-24-31(29-45)39(48)46(50-4)35-20-21-37-36(28-35)38(30-22-25-43-26-23-30)44-47(37)42(32-14-8-5-9-15-32,33-16-10-6-11-17-33)34-18-12-7-13-19-34;1-25-23(18(24)13-6-9-20-11-13)14-2-3-16-15(10-14)17(22-21-16)12-4-7-19-8-5-12;;/h5-23,25-26,28,31H,24,27,29H2,1-4H3;2-5,7-8,10,13,20H,6,9,11H2,1H3,(H,21,22);2*1H4. The summed E-state index contributed by atoms with van der Waals surface area (Å²) in [6, 6.07) is 50.5. The van der Waals surface area contributed by atoms with Crippen molar-refractivity contribution in [3.63, 3.8) is 0 Å². The van der Waals surface area contributed by atoms with Crippen molar-refractivity contribution in [3.05, 3.63) is 193 Å². The second kappa shape index (κ2) is 24.2. The van der Waals surface area contributed by atoms with Gasteiger partial charge in [0.1, 0.15) is 22.5 Å². The summed E-state index contributed by atoms with van der Waals surface area (Å²) in [6.45, 7) is 7.73. The van der Waals surface area contributed by atoms with E-state index in [9.17, 15) is 14.4 Å². The van der Waals surface area contributed by atoms with E-state index in [1.54, 1.807) is 29.7 Å². The molecule has 2 unspecified atom stereocenters. The van der Waals surface area contributed by atoms with Crippen LogP contribution in [-0.2, 0) is 29.5 Å². The minimum atomic E-state index is -0.861. The molecule has 16 heteroatoms. The summed E-state index contributed by atoms with van der Waals surface area (Å²) in [7, 11) is 3.00. The molecule has 78 heavy (non-hydrogen) atoms. The molecular formula is C62H68N10O6. The third kappa shape index (κ3) is 11.1. The highest BCUT2D eigenvalue weighted by molar-refractivity contribution is 6.01. The first-order valence-electron chi connectivity index (χ1n) is 25.4. The molecule has 2 aliphatic rings. The zero-order valence-electron chi connectivity index (χ0n) is 43.2. The minimum Gasteiger partial charge on any atom is -0.444 e. The average Bonchev–Trinajstić information content (AvgIpc) is 4.42. The van der Waals surface area contributed by atoms with Crippen LogP contribution in [0.15, 0.2) is 176 Å². The van der Waals surface area contributed by atoms with Gasteiger partial charge in [0.05, 0.1) is 48.5 Å². The molecule has 2 aliphatic heterocycles. The zero-order chi connectivity index (χ0) is 52.8. The van der Waals surface area contributed by atoms with Gasteiger partial charge in [0.25, 0.3) is 11.8 Å². The predicted octanol–water partition coefficient (Wildman–Crippen LogP) is 11.5. The number of benzene rings is 5. The Kier molecular flexibility index (Phi) is 17.3. The number of aromatic nitrogens is 6. The van der Waals surface area contributed by atoms with E-state index in [2.05, 4.69) is 103 Å². The number of aromatic amines is 1. The summed E-state index contributed by atoms with van der Waals surface area (Å²) in [4.78, 5) is 60.6.